The fourth-order valence-corrected chi connectivity index (χ4v) is 3.56. The Kier molecular flexibility index (Phi) is 3.88. The summed E-state index contributed by atoms with van der Waals surface area (Å²) < 4.78 is 15.2. The molecule has 2 heterocycles. The minimum atomic E-state index is -0.303. The first kappa shape index (κ1) is 15.0. The number of amides is 1. The van der Waals surface area contributed by atoms with Crippen LogP contribution in [0.15, 0.2) is 41.3 Å². The number of aryl methyl sites for hydroxylation is 2. The first-order valence-corrected chi connectivity index (χ1v) is 7.88. The number of benzene rings is 1. The number of rotatable bonds is 2. The summed E-state index contributed by atoms with van der Waals surface area (Å²) in [6.07, 6.45) is 1.73. The molecule has 3 nitrogen and oxygen atoms in total. The number of thiocarbonyl (C=S) groups is 1. The van der Waals surface area contributed by atoms with Crippen LogP contribution in [0.5, 0.6) is 0 Å². The van der Waals surface area contributed by atoms with Gasteiger partial charge in [-0.2, -0.15) is 5.01 Å². The van der Waals surface area contributed by atoms with E-state index in [0.29, 0.717) is 9.23 Å². The van der Waals surface area contributed by atoms with Crippen LogP contribution in [0.2, 0.25) is 0 Å². The van der Waals surface area contributed by atoms with Gasteiger partial charge in [0.1, 0.15) is 5.82 Å². The Balaban J connectivity index is 1.96. The van der Waals surface area contributed by atoms with Gasteiger partial charge in [-0.25, -0.2) is 4.39 Å². The molecule has 22 heavy (non-hydrogen) atoms. The fourth-order valence-electron chi connectivity index (χ4n) is 2.32. The zero-order chi connectivity index (χ0) is 15.9. The van der Waals surface area contributed by atoms with E-state index < -0.39 is 0 Å². The lowest BCUT2D eigenvalue weighted by molar-refractivity contribution is -0.114. The Morgan fingerprint density at radius 2 is 1.68 bits per heavy atom. The molecule has 0 spiro atoms. The summed E-state index contributed by atoms with van der Waals surface area (Å²) in [5, 5.41) is 1.50. The number of carbonyl (C=O) groups is 1. The molecule has 0 bridgehead atoms. The van der Waals surface area contributed by atoms with Crippen molar-refractivity contribution in [2.75, 3.05) is 5.01 Å². The number of aromatic nitrogens is 1. The highest BCUT2D eigenvalue weighted by Gasteiger charge is 2.34. The fraction of sp³-hybridized carbons (Fsp3) is 0.125. The lowest BCUT2D eigenvalue weighted by Crippen LogP contribution is -2.39. The highest BCUT2D eigenvalue weighted by atomic mass is 32.2. The van der Waals surface area contributed by atoms with E-state index in [9.17, 15) is 9.18 Å². The van der Waals surface area contributed by atoms with Gasteiger partial charge in [0, 0.05) is 11.4 Å². The first-order valence-electron chi connectivity index (χ1n) is 6.66. The lowest BCUT2D eigenvalue weighted by atomic mass is 10.2. The molecule has 1 fully saturated rings. The molecule has 3 rings (SSSR count). The largest absolute Gasteiger partial charge is 0.285 e. The average Bonchev–Trinajstić information content (AvgIpc) is 2.94. The molecule has 1 amide bonds. The van der Waals surface area contributed by atoms with Gasteiger partial charge in [0.05, 0.1) is 4.91 Å². The van der Waals surface area contributed by atoms with E-state index in [-0.39, 0.29) is 11.7 Å². The summed E-state index contributed by atoms with van der Waals surface area (Å²) in [7, 11) is 0. The van der Waals surface area contributed by atoms with Gasteiger partial charge in [-0.3, -0.25) is 9.47 Å². The topological polar surface area (TPSA) is 25.2 Å². The maximum absolute atomic E-state index is 13.0. The SMILES string of the molecule is Cc1ccc(C)n1N1C(=O)/C(=C\c2ccc(F)cc2)SC1=S. The maximum Gasteiger partial charge on any atom is 0.285 e. The smallest absolute Gasteiger partial charge is 0.266 e. The minimum Gasteiger partial charge on any atom is -0.266 e. The highest BCUT2D eigenvalue weighted by molar-refractivity contribution is 8.27. The molecule has 0 radical (unpaired) electrons. The summed E-state index contributed by atoms with van der Waals surface area (Å²) in [4.78, 5) is 13.2. The Bertz CT molecular complexity index is 773. The van der Waals surface area contributed by atoms with Crippen LogP contribution in [-0.4, -0.2) is 14.9 Å². The molecular formula is C16H13FN2OS2. The van der Waals surface area contributed by atoms with Crippen LogP contribution in [-0.2, 0) is 4.79 Å². The molecule has 0 atom stereocenters. The van der Waals surface area contributed by atoms with E-state index in [1.807, 2.05) is 30.7 Å². The molecule has 1 aliphatic heterocycles. The standard InChI is InChI=1S/C16H13FN2OS2/c1-10-3-4-11(2)18(10)19-15(20)14(22-16(19)21)9-12-5-7-13(17)8-6-12/h3-9H,1-2H3/b14-9+. The van der Waals surface area contributed by atoms with Crippen molar-refractivity contribution >= 4 is 40.3 Å². The zero-order valence-corrected chi connectivity index (χ0v) is 13.7. The van der Waals surface area contributed by atoms with E-state index in [1.165, 1.54) is 28.9 Å². The third-order valence-electron chi connectivity index (χ3n) is 3.38. The second-order valence-electron chi connectivity index (χ2n) is 4.97. The van der Waals surface area contributed by atoms with E-state index in [0.717, 1.165) is 17.0 Å². The maximum atomic E-state index is 13.0. The van der Waals surface area contributed by atoms with Crippen LogP contribution in [0.1, 0.15) is 17.0 Å². The number of hydrogen-bond donors (Lipinski definition) is 0. The minimum absolute atomic E-state index is 0.165. The number of thioether (sulfide) groups is 1. The molecule has 112 valence electrons. The number of halogens is 1. The predicted octanol–water partition coefficient (Wildman–Crippen LogP) is 3.78. The van der Waals surface area contributed by atoms with E-state index >= 15 is 0 Å². The molecule has 2 aromatic rings. The van der Waals surface area contributed by atoms with Gasteiger partial charge in [-0.05, 0) is 62.0 Å². The van der Waals surface area contributed by atoms with Crippen molar-refractivity contribution in [1.29, 1.82) is 0 Å². The summed E-state index contributed by atoms with van der Waals surface area (Å²) in [5.41, 5.74) is 2.65. The Hall–Kier alpha value is -1.92. The van der Waals surface area contributed by atoms with Crippen molar-refractivity contribution < 1.29 is 9.18 Å². The van der Waals surface area contributed by atoms with Gasteiger partial charge < -0.3 is 0 Å². The molecule has 0 aliphatic carbocycles. The van der Waals surface area contributed by atoms with E-state index in [2.05, 4.69) is 0 Å². The molecular weight excluding hydrogens is 319 g/mol. The number of nitrogens with zero attached hydrogens (tertiary/aromatic N) is 2. The quantitative estimate of drug-likeness (QED) is 0.618. The van der Waals surface area contributed by atoms with Gasteiger partial charge in [0.25, 0.3) is 5.91 Å². The summed E-state index contributed by atoms with van der Waals surface area (Å²) in [5.74, 6) is -0.468. The molecule has 0 saturated carbocycles. The second-order valence-corrected chi connectivity index (χ2v) is 6.65. The van der Waals surface area contributed by atoms with Gasteiger partial charge in [-0.1, -0.05) is 23.9 Å². The van der Waals surface area contributed by atoms with Gasteiger partial charge in [-0.15, -0.1) is 0 Å². The van der Waals surface area contributed by atoms with Gasteiger partial charge in [0.15, 0.2) is 4.32 Å². The van der Waals surface area contributed by atoms with Gasteiger partial charge >= 0.3 is 0 Å². The Labute approximate surface area is 137 Å². The highest BCUT2D eigenvalue weighted by Crippen LogP contribution is 2.32. The second kappa shape index (κ2) is 5.70. The predicted molar refractivity (Wildman–Crippen MR) is 91.7 cm³/mol. The first-order chi connectivity index (χ1) is 10.5. The summed E-state index contributed by atoms with van der Waals surface area (Å²) in [6.45, 7) is 3.85. The van der Waals surface area contributed by atoms with E-state index in [4.69, 9.17) is 12.2 Å². The van der Waals surface area contributed by atoms with Crippen LogP contribution in [0.3, 0.4) is 0 Å². The zero-order valence-electron chi connectivity index (χ0n) is 12.0. The van der Waals surface area contributed by atoms with Crippen LogP contribution in [0.25, 0.3) is 6.08 Å². The average molecular weight is 332 g/mol. The Morgan fingerprint density at radius 3 is 2.27 bits per heavy atom. The van der Waals surface area contributed by atoms with Crippen LogP contribution >= 0.6 is 24.0 Å². The molecule has 0 N–H and O–H groups in total. The normalized spacial score (nSPS) is 16.9. The van der Waals surface area contributed by atoms with Gasteiger partial charge in [0.2, 0.25) is 0 Å². The molecule has 0 unspecified atom stereocenters. The van der Waals surface area contributed by atoms with Crippen molar-refractivity contribution in [3.8, 4) is 0 Å². The van der Waals surface area contributed by atoms with Crippen molar-refractivity contribution in [3.63, 3.8) is 0 Å². The third kappa shape index (κ3) is 2.60. The van der Waals surface area contributed by atoms with Crippen molar-refractivity contribution in [3.05, 3.63) is 64.1 Å². The van der Waals surface area contributed by atoms with Crippen molar-refractivity contribution in [1.82, 2.24) is 4.68 Å². The van der Waals surface area contributed by atoms with Crippen molar-refractivity contribution in [2.45, 2.75) is 13.8 Å². The molecule has 1 saturated heterocycles. The number of hydrogen-bond acceptors (Lipinski definition) is 3. The van der Waals surface area contributed by atoms with E-state index in [1.54, 1.807) is 18.2 Å². The summed E-state index contributed by atoms with van der Waals surface area (Å²) in [6, 6.07) is 9.89. The lowest BCUT2D eigenvalue weighted by Gasteiger charge is -2.20. The van der Waals surface area contributed by atoms with Crippen LogP contribution < -0.4 is 5.01 Å². The Morgan fingerprint density at radius 1 is 1.09 bits per heavy atom. The molecule has 1 aliphatic rings. The summed E-state index contributed by atoms with van der Waals surface area (Å²) >= 11 is 6.60. The monoisotopic (exact) mass is 332 g/mol. The van der Waals surface area contributed by atoms with Crippen LogP contribution in [0, 0.1) is 19.7 Å². The number of carbonyl (C=O) groups excluding carboxylic acids is 1. The molecule has 1 aromatic heterocycles. The van der Waals surface area contributed by atoms with Crippen molar-refractivity contribution in [2.24, 2.45) is 0 Å². The third-order valence-corrected chi connectivity index (χ3v) is 4.66. The molecule has 6 heteroatoms. The van der Waals surface area contributed by atoms with Crippen LogP contribution in [0.4, 0.5) is 4.39 Å². The molecule has 1 aromatic carbocycles.